The van der Waals surface area contributed by atoms with Gasteiger partial charge in [-0.3, -0.25) is 9.69 Å². The van der Waals surface area contributed by atoms with Crippen LogP contribution in [-0.4, -0.2) is 52.0 Å². The van der Waals surface area contributed by atoms with E-state index in [2.05, 4.69) is 22.0 Å². The molecule has 2 aromatic rings. The van der Waals surface area contributed by atoms with Crippen molar-refractivity contribution < 1.29 is 9.32 Å². The van der Waals surface area contributed by atoms with Gasteiger partial charge in [0.1, 0.15) is 0 Å². The Labute approximate surface area is 136 Å². The predicted octanol–water partition coefficient (Wildman–Crippen LogP) is 2.10. The first kappa shape index (κ1) is 15.7. The summed E-state index contributed by atoms with van der Waals surface area (Å²) in [5, 5.41) is 4.07. The molecular formula is C17H22N4O2. The predicted molar refractivity (Wildman–Crippen MR) is 86.6 cm³/mol. The monoisotopic (exact) mass is 314 g/mol. The van der Waals surface area contributed by atoms with Crippen LogP contribution < -0.4 is 0 Å². The first-order valence-corrected chi connectivity index (χ1v) is 7.99. The second-order valence-corrected chi connectivity index (χ2v) is 6.01. The maximum absolute atomic E-state index is 11.5. The molecule has 0 bridgehead atoms. The van der Waals surface area contributed by atoms with Crippen LogP contribution in [-0.2, 0) is 11.3 Å². The van der Waals surface area contributed by atoms with Crippen molar-refractivity contribution in [2.45, 2.75) is 26.8 Å². The Morgan fingerprint density at radius 1 is 1.17 bits per heavy atom. The molecule has 0 N–H and O–H groups in total. The van der Waals surface area contributed by atoms with E-state index in [4.69, 9.17) is 4.52 Å². The van der Waals surface area contributed by atoms with E-state index in [1.165, 1.54) is 5.56 Å². The average Bonchev–Trinajstić information content (AvgIpc) is 2.86. The standard InChI is InChI=1S/C17H22N4O2/c1-13-4-6-15(7-5-13)17-18-16(23-19-17)12-20-8-3-9-21(11-10-20)14(2)22/h4-7H,3,8-12H2,1-2H3. The van der Waals surface area contributed by atoms with E-state index < -0.39 is 0 Å². The van der Waals surface area contributed by atoms with E-state index >= 15 is 0 Å². The highest BCUT2D eigenvalue weighted by atomic mass is 16.5. The summed E-state index contributed by atoms with van der Waals surface area (Å²) in [6.07, 6.45) is 0.971. The van der Waals surface area contributed by atoms with Crippen LogP contribution in [0.3, 0.4) is 0 Å². The number of aryl methyl sites for hydroxylation is 1. The van der Waals surface area contributed by atoms with Crippen LogP contribution in [0.2, 0.25) is 0 Å². The minimum atomic E-state index is 0.145. The average molecular weight is 314 g/mol. The van der Waals surface area contributed by atoms with E-state index in [1.807, 2.05) is 29.2 Å². The van der Waals surface area contributed by atoms with Crippen molar-refractivity contribution in [3.8, 4) is 11.4 Å². The molecule has 23 heavy (non-hydrogen) atoms. The van der Waals surface area contributed by atoms with Gasteiger partial charge in [-0.05, 0) is 13.3 Å². The molecule has 3 rings (SSSR count). The van der Waals surface area contributed by atoms with Crippen LogP contribution in [0.15, 0.2) is 28.8 Å². The first-order chi connectivity index (χ1) is 11.1. The SMILES string of the molecule is CC(=O)N1CCCN(Cc2nc(-c3ccc(C)cc3)no2)CC1. The molecule has 0 unspecified atom stereocenters. The molecule has 1 aliphatic rings. The number of nitrogens with zero attached hydrogens (tertiary/aromatic N) is 4. The van der Waals surface area contributed by atoms with Crippen molar-refractivity contribution in [1.82, 2.24) is 19.9 Å². The van der Waals surface area contributed by atoms with Gasteiger partial charge in [-0.25, -0.2) is 0 Å². The molecule has 0 atom stereocenters. The highest BCUT2D eigenvalue weighted by Gasteiger charge is 2.18. The zero-order valence-corrected chi connectivity index (χ0v) is 13.7. The fraction of sp³-hybridized carbons (Fsp3) is 0.471. The molecule has 1 aromatic carbocycles. The Morgan fingerprint density at radius 2 is 1.96 bits per heavy atom. The summed E-state index contributed by atoms with van der Waals surface area (Å²) < 4.78 is 5.38. The van der Waals surface area contributed by atoms with Gasteiger partial charge in [-0.2, -0.15) is 4.98 Å². The lowest BCUT2D eigenvalue weighted by atomic mass is 10.1. The van der Waals surface area contributed by atoms with Gasteiger partial charge in [0.15, 0.2) is 0 Å². The summed E-state index contributed by atoms with van der Waals surface area (Å²) >= 11 is 0. The number of hydrogen-bond acceptors (Lipinski definition) is 5. The molecule has 1 aromatic heterocycles. The van der Waals surface area contributed by atoms with E-state index in [0.29, 0.717) is 18.3 Å². The van der Waals surface area contributed by atoms with Crippen LogP contribution in [0, 0.1) is 6.92 Å². The third-order valence-corrected chi connectivity index (χ3v) is 4.17. The van der Waals surface area contributed by atoms with Crippen LogP contribution >= 0.6 is 0 Å². The van der Waals surface area contributed by atoms with Crippen molar-refractivity contribution in [3.05, 3.63) is 35.7 Å². The number of aromatic nitrogens is 2. The van der Waals surface area contributed by atoms with Gasteiger partial charge in [0.05, 0.1) is 6.54 Å². The first-order valence-electron chi connectivity index (χ1n) is 7.99. The summed E-state index contributed by atoms with van der Waals surface area (Å²) in [6, 6.07) is 8.08. The molecule has 6 nitrogen and oxygen atoms in total. The van der Waals surface area contributed by atoms with Gasteiger partial charge in [0.2, 0.25) is 17.6 Å². The number of rotatable bonds is 3. The van der Waals surface area contributed by atoms with E-state index in [9.17, 15) is 4.79 Å². The van der Waals surface area contributed by atoms with Gasteiger partial charge < -0.3 is 9.42 Å². The molecule has 6 heteroatoms. The lowest BCUT2D eigenvalue weighted by Gasteiger charge is -2.19. The van der Waals surface area contributed by atoms with Gasteiger partial charge in [0, 0.05) is 38.7 Å². The largest absolute Gasteiger partial charge is 0.342 e. The Kier molecular flexibility index (Phi) is 4.71. The molecule has 0 saturated carbocycles. The summed E-state index contributed by atoms with van der Waals surface area (Å²) in [7, 11) is 0. The number of carbonyl (C=O) groups is 1. The van der Waals surface area contributed by atoms with Crippen molar-refractivity contribution in [2.24, 2.45) is 0 Å². The third-order valence-electron chi connectivity index (χ3n) is 4.17. The van der Waals surface area contributed by atoms with Gasteiger partial charge in [-0.1, -0.05) is 35.0 Å². The maximum Gasteiger partial charge on any atom is 0.241 e. The zero-order chi connectivity index (χ0) is 16.2. The highest BCUT2D eigenvalue weighted by Crippen LogP contribution is 2.17. The summed E-state index contributed by atoms with van der Waals surface area (Å²) in [4.78, 5) is 20.1. The second-order valence-electron chi connectivity index (χ2n) is 6.01. The minimum Gasteiger partial charge on any atom is -0.342 e. The Bertz CT molecular complexity index is 665. The third kappa shape index (κ3) is 3.96. The van der Waals surface area contributed by atoms with Crippen molar-refractivity contribution in [2.75, 3.05) is 26.2 Å². The van der Waals surface area contributed by atoms with E-state index in [-0.39, 0.29) is 5.91 Å². The van der Waals surface area contributed by atoms with Crippen LogP contribution in [0.1, 0.15) is 24.8 Å². The zero-order valence-electron chi connectivity index (χ0n) is 13.7. The summed E-state index contributed by atoms with van der Waals surface area (Å²) in [6.45, 7) is 7.66. The Balaban J connectivity index is 1.62. The number of carbonyl (C=O) groups excluding carboxylic acids is 1. The molecule has 1 aliphatic heterocycles. The lowest BCUT2D eigenvalue weighted by Crippen LogP contribution is -2.33. The van der Waals surface area contributed by atoms with Crippen LogP contribution in [0.4, 0.5) is 0 Å². The number of benzene rings is 1. The van der Waals surface area contributed by atoms with E-state index in [1.54, 1.807) is 6.92 Å². The van der Waals surface area contributed by atoms with E-state index in [0.717, 1.165) is 38.2 Å². The topological polar surface area (TPSA) is 62.5 Å². The Morgan fingerprint density at radius 3 is 2.70 bits per heavy atom. The molecule has 1 fully saturated rings. The molecule has 122 valence electrons. The fourth-order valence-electron chi connectivity index (χ4n) is 2.77. The smallest absolute Gasteiger partial charge is 0.241 e. The summed E-state index contributed by atoms with van der Waals surface area (Å²) in [5.41, 5.74) is 2.17. The Hall–Kier alpha value is -2.21. The van der Waals surface area contributed by atoms with Crippen molar-refractivity contribution in [3.63, 3.8) is 0 Å². The summed E-state index contributed by atoms with van der Waals surface area (Å²) in [5.74, 6) is 1.39. The molecule has 0 radical (unpaired) electrons. The maximum atomic E-state index is 11.5. The fourth-order valence-corrected chi connectivity index (χ4v) is 2.77. The molecule has 2 heterocycles. The molecule has 1 amide bonds. The minimum absolute atomic E-state index is 0.145. The quantitative estimate of drug-likeness (QED) is 0.868. The second kappa shape index (κ2) is 6.91. The van der Waals surface area contributed by atoms with Crippen LogP contribution in [0.25, 0.3) is 11.4 Å². The molecule has 0 aliphatic carbocycles. The molecule has 1 saturated heterocycles. The number of amides is 1. The van der Waals surface area contributed by atoms with Crippen LogP contribution in [0.5, 0.6) is 0 Å². The normalized spacial score (nSPS) is 16.3. The highest BCUT2D eigenvalue weighted by molar-refractivity contribution is 5.73. The van der Waals surface area contributed by atoms with Crippen molar-refractivity contribution in [1.29, 1.82) is 0 Å². The number of hydrogen-bond donors (Lipinski definition) is 0. The van der Waals surface area contributed by atoms with Gasteiger partial charge in [0.25, 0.3) is 0 Å². The van der Waals surface area contributed by atoms with Gasteiger partial charge in [-0.15, -0.1) is 0 Å². The molecule has 0 spiro atoms. The van der Waals surface area contributed by atoms with Crippen molar-refractivity contribution >= 4 is 5.91 Å². The lowest BCUT2D eigenvalue weighted by molar-refractivity contribution is -0.128. The molecular weight excluding hydrogens is 292 g/mol. The van der Waals surface area contributed by atoms with Gasteiger partial charge >= 0.3 is 0 Å².